The van der Waals surface area contributed by atoms with Gasteiger partial charge in [-0.3, -0.25) is 19.2 Å². The summed E-state index contributed by atoms with van der Waals surface area (Å²) in [5, 5.41) is 9.57. The van der Waals surface area contributed by atoms with Crippen molar-refractivity contribution in [3.63, 3.8) is 0 Å². The number of nitrogens with zero attached hydrogens (tertiary/aromatic N) is 3. The van der Waals surface area contributed by atoms with Crippen molar-refractivity contribution >= 4 is 52.2 Å². The minimum atomic E-state index is -1.42. The van der Waals surface area contributed by atoms with E-state index in [-0.39, 0.29) is 41.0 Å². The molecule has 1 N–H and O–H groups in total. The molecule has 0 spiro atoms. The molecule has 51 heavy (non-hydrogen) atoms. The fraction of sp³-hybridized carbons (Fsp3) is 0.312. The highest BCUT2D eigenvalue weighted by molar-refractivity contribution is 5.91. The minimum Gasteiger partial charge on any atom is -0.488 e. The number of aromatic carboxylic acids is 1. The number of benzene rings is 2. The number of methoxy groups -OCH3 is 4. The highest BCUT2D eigenvalue weighted by Gasteiger charge is 2.26. The molecule has 0 aliphatic carbocycles. The summed E-state index contributed by atoms with van der Waals surface area (Å²) < 4.78 is 70.9. The highest BCUT2D eigenvalue weighted by Crippen LogP contribution is 2.38. The van der Waals surface area contributed by atoms with E-state index in [0.29, 0.717) is 5.39 Å². The van der Waals surface area contributed by atoms with E-state index in [4.69, 9.17) is 27.8 Å². The maximum absolute atomic E-state index is 15.1. The molecule has 0 amide bonds. The number of hydrogen-bond acceptors (Lipinski definition) is 16. The third kappa shape index (κ3) is 9.19. The van der Waals surface area contributed by atoms with Gasteiger partial charge in [0, 0.05) is 11.5 Å². The molecule has 0 bridgehead atoms. The standard InChI is InChI=1S/C32H31F2N3O14/c1-44-25(38)13-36(14-26(39)45-2)19-6-5-18(33)29(34)30(19)49-8-7-48-22-9-17-10-23(31-35-12-24(51-31)32(42)43)50-21(17)11-20(22)37(15-27(40)46-3)16-28(41)47-4/h5-6,9-12H,7-8,13-16H2,1-4H3,(H,42,43). The number of anilines is 2. The van der Waals surface area contributed by atoms with Crippen LogP contribution < -0.4 is 19.3 Å². The molecule has 17 nitrogen and oxygen atoms in total. The van der Waals surface area contributed by atoms with E-state index in [2.05, 4.69) is 14.5 Å². The molecule has 0 saturated heterocycles. The molecule has 2 aromatic heterocycles. The number of fused-ring (bicyclic) bond motifs is 1. The normalized spacial score (nSPS) is 10.7. The van der Waals surface area contributed by atoms with Gasteiger partial charge >= 0.3 is 29.8 Å². The second-order valence-corrected chi connectivity index (χ2v) is 10.2. The number of ether oxygens (including phenoxy) is 6. The molecule has 0 fully saturated rings. The number of furan rings is 1. The number of hydrogen-bond donors (Lipinski definition) is 1. The lowest BCUT2D eigenvalue weighted by Gasteiger charge is -2.26. The van der Waals surface area contributed by atoms with E-state index in [1.807, 2.05) is 0 Å². The van der Waals surface area contributed by atoms with Gasteiger partial charge in [-0.05, 0) is 24.3 Å². The van der Waals surface area contributed by atoms with Crippen LogP contribution >= 0.6 is 0 Å². The molecule has 0 radical (unpaired) electrons. The SMILES string of the molecule is COC(=O)CN(CC(=O)OC)c1cc2oc(-c3ncc(C(=O)O)o3)cc2cc1OCCOc1c(N(CC(=O)OC)CC(=O)OC)ccc(F)c1F. The average Bonchev–Trinajstić information content (AvgIpc) is 3.78. The van der Waals surface area contributed by atoms with E-state index in [9.17, 15) is 33.5 Å². The lowest BCUT2D eigenvalue weighted by Crippen LogP contribution is -2.36. The first-order chi connectivity index (χ1) is 24.4. The largest absolute Gasteiger partial charge is 0.488 e. The quantitative estimate of drug-likeness (QED) is 0.0946. The summed E-state index contributed by atoms with van der Waals surface area (Å²) in [6.07, 6.45) is 0.996. The van der Waals surface area contributed by atoms with Crippen molar-refractivity contribution in [2.45, 2.75) is 0 Å². The van der Waals surface area contributed by atoms with E-state index in [1.165, 1.54) is 23.1 Å². The lowest BCUT2D eigenvalue weighted by atomic mass is 10.2. The molecule has 0 aliphatic heterocycles. The minimum absolute atomic E-state index is 0.0361. The van der Waals surface area contributed by atoms with Crippen LogP contribution in [-0.2, 0) is 38.1 Å². The topological polar surface area (TPSA) is 207 Å². The van der Waals surface area contributed by atoms with Crippen molar-refractivity contribution in [3.8, 4) is 23.1 Å². The molecule has 0 saturated carbocycles. The molecular weight excluding hydrogens is 688 g/mol. The summed E-state index contributed by atoms with van der Waals surface area (Å²) >= 11 is 0. The first-order valence-corrected chi connectivity index (χ1v) is 14.7. The van der Waals surface area contributed by atoms with Crippen LogP contribution in [0.4, 0.5) is 20.2 Å². The molecule has 0 aliphatic rings. The van der Waals surface area contributed by atoms with Crippen LogP contribution in [0.15, 0.2) is 45.4 Å². The Labute approximate surface area is 287 Å². The van der Waals surface area contributed by atoms with Gasteiger partial charge in [-0.25, -0.2) is 14.2 Å². The van der Waals surface area contributed by atoms with Gasteiger partial charge in [0.05, 0.1) is 46.0 Å². The van der Waals surface area contributed by atoms with Gasteiger partial charge in [-0.1, -0.05) is 0 Å². The van der Waals surface area contributed by atoms with Crippen molar-refractivity contribution in [2.75, 3.05) is 77.6 Å². The number of rotatable bonds is 17. The summed E-state index contributed by atoms with van der Waals surface area (Å²) in [7, 11) is 4.51. The summed E-state index contributed by atoms with van der Waals surface area (Å²) in [6, 6.07) is 6.24. The van der Waals surface area contributed by atoms with Crippen molar-refractivity contribution in [3.05, 3.63) is 53.9 Å². The Morgan fingerprint density at radius 2 is 1.29 bits per heavy atom. The third-order valence-corrected chi connectivity index (χ3v) is 7.01. The fourth-order valence-electron chi connectivity index (χ4n) is 4.55. The monoisotopic (exact) mass is 719 g/mol. The van der Waals surface area contributed by atoms with E-state index >= 15 is 4.39 Å². The number of carboxylic acids is 1. The number of halogens is 2. The van der Waals surface area contributed by atoms with Gasteiger partial charge in [-0.15, -0.1) is 0 Å². The Hall–Kier alpha value is -6.40. The van der Waals surface area contributed by atoms with Crippen molar-refractivity contribution < 1.29 is 75.1 Å². The van der Waals surface area contributed by atoms with Crippen LogP contribution in [0.5, 0.6) is 11.5 Å². The van der Waals surface area contributed by atoms with Crippen LogP contribution in [0.2, 0.25) is 0 Å². The third-order valence-electron chi connectivity index (χ3n) is 7.01. The van der Waals surface area contributed by atoms with Crippen LogP contribution in [0.1, 0.15) is 10.6 Å². The number of carboxylic acid groups (broad SMARTS) is 1. The Kier molecular flexibility index (Phi) is 12.3. The van der Waals surface area contributed by atoms with Crippen LogP contribution in [-0.4, -0.2) is 108 Å². The number of aromatic nitrogens is 1. The molecule has 19 heteroatoms. The number of carbonyl (C=O) groups excluding carboxylic acids is 4. The maximum Gasteiger partial charge on any atom is 0.373 e. The summed E-state index contributed by atoms with van der Waals surface area (Å²) in [5.74, 6) is -8.25. The van der Waals surface area contributed by atoms with Crippen LogP contribution in [0, 0.1) is 11.6 Å². The van der Waals surface area contributed by atoms with E-state index < -0.39 is 85.8 Å². The molecular formula is C32H31F2N3O14. The number of oxazole rings is 1. The Morgan fingerprint density at radius 1 is 0.745 bits per heavy atom. The Bertz CT molecular complexity index is 1890. The maximum atomic E-state index is 15.1. The smallest absolute Gasteiger partial charge is 0.373 e. The average molecular weight is 720 g/mol. The molecule has 0 unspecified atom stereocenters. The lowest BCUT2D eigenvalue weighted by molar-refractivity contribution is -0.141. The first-order valence-electron chi connectivity index (χ1n) is 14.7. The number of carbonyl (C=O) groups is 5. The van der Waals surface area contributed by atoms with Crippen molar-refractivity contribution in [1.82, 2.24) is 4.98 Å². The fourth-order valence-corrected chi connectivity index (χ4v) is 4.55. The zero-order valence-electron chi connectivity index (χ0n) is 27.6. The second kappa shape index (κ2) is 16.8. The van der Waals surface area contributed by atoms with Gasteiger partial charge in [0.15, 0.2) is 17.3 Å². The summed E-state index contributed by atoms with van der Waals surface area (Å²) in [5.41, 5.74) is 0.136. The van der Waals surface area contributed by atoms with Gasteiger partial charge in [0.25, 0.3) is 5.89 Å². The molecule has 272 valence electrons. The first kappa shape index (κ1) is 37.4. The molecule has 4 aromatic rings. The van der Waals surface area contributed by atoms with Gasteiger partial charge < -0.3 is 52.2 Å². The predicted octanol–water partition coefficient (Wildman–Crippen LogP) is 2.83. The van der Waals surface area contributed by atoms with Crippen LogP contribution in [0.3, 0.4) is 0 Å². The van der Waals surface area contributed by atoms with Crippen molar-refractivity contribution in [2.24, 2.45) is 0 Å². The zero-order chi connectivity index (χ0) is 37.2. The van der Waals surface area contributed by atoms with E-state index in [1.54, 1.807) is 0 Å². The molecule has 2 heterocycles. The van der Waals surface area contributed by atoms with Crippen LogP contribution in [0.25, 0.3) is 22.6 Å². The van der Waals surface area contributed by atoms with Gasteiger partial charge in [-0.2, -0.15) is 4.39 Å². The Balaban J connectivity index is 1.68. The summed E-state index contributed by atoms with van der Waals surface area (Å²) in [4.78, 5) is 66.3. The molecule has 2 aromatic carbocycles. The van der Waals surface area contributed by atoms with Gasteiger partial charge in [0.2, 0.25) is 11.6 Å². The highest BCUT2D eigenvalue weighted by atomic mass is 19.2. The number of esters is 4. The summed E-state index contributed by atoms with van der Waals surface area (Å²) in [6.45, 7) is -2.77. The predicted molar refractivity (Wildman–Crippen MR) is 169 cm³/mol. The van der Waals surface area contributed by atoms with Crippen molar-refractivity contribution in [1.29, 1.82) is 0 Å². The van der Waals surface area contributed by atoms with Gasteiger partial charge in [0.1, 0.15) is 50.7 Å². The zero-order valence-corrected chi connectivity index (χ0v) is 27.6. The molecule has 0 atom stereocenters. The second-order valence-electron chi connectivity index (χ2n) is 10.2. The Morgan fingerprint density at radius 3 is 1.82 bits per heavy atom. The van der Waals surface area contributed by atoms with E-state index in [0.717, 1.165) is 51.7 Å². The molecule has 4 rings (SSSR count).